The van der Waals surface area contributed by atoms with Gasteiger partial charge in [-0.25, -0.2) is 9.59 Å². The van der Waals surface area contributed by atoms with E-state index < -0.39 is 168 Å². The van der Waals surface area contributed by atoms with Crippen LogP contribution in [0.3, 0.4) is 0 Å². The first-order valence-corrected chi connectivity index (χ1v) is 27.5. The lowest BCUT2D eigenvalue weighted by Gasteiger charge is -2.25. The molecule has 0 saturated carbocycles. The highest BCUT2D eigenvalue weighted by Gasteiger charge is 2.40. The van der Waals surface area contributed by atoms with Crippen molar-refractivity contribution in [2.45, 2.75) is 145 Å². The maximum Gasteiger partial charge on any atom is 0.327 e. The Morgan fingerprint density at radius 3 is 1.71 bits per heavy atom. The van der Waals surface area contributed by atoms with E-state index >= 15 is 0 Å². The fraction of sp³-hybridized carbons (Fsp3) is 0.560. The molecule has 1 saturated heterocycles. The van der Waals surface area contributed by atoms with Gasteiger partial charge in [-0.05, 0) is 62.1 Å². The molecule has 470 valence electrons. The number of nitrogens with zero attached hydrogens (tertiary/aromatic N) is 1. The van der Waals surface area contributed by atoms with Gasteiger partial charge in [0.2, 0.25) is 53.2 Å². The third-order valence-corrected chi connectivity index (χ3v) is 13.6. The number of hydrogen-bond acceptors (Lipinski definition) is 19. The van der Waals surface area contributed by atoms with Crippen LogP contribution in [-0.4, -0.2) is 194 Å². The number of unbranched alkanes of at least 4 members (excludes halogenated alkanes) is 2. The molecule has 35 heteroatoms. The first-order chi connectivity index (χ1) is 40.0. The zero-order valence-electron chi connectivity index (χ0n) is 46.5. The molecule has 34 nitrogen and oxygen atoms in total. The van der Waals surface area contributed by atoms with Crippen LogP contribution in [0.15, 0.2) is 24.3 Å². The van der Waals surface area contributed by atoms with E-state index in [9.17, 15) is 87.2 Å². The van der Waals surface area contributed by atoms with Crippen LogP contribution in [0.2, 0.25) is 0 Å². The largest absolute Gasteiger partial charge is 0.481 e. The Labute approximate surface area is 490 Å². The second kappa shape index (κ2) is 37.1. The number of carboxylic acid groups (broad SMARTS) is 4. The third-order valence-electron chi connectivity index (χ3n) is 12.3. The van der Waals surface area contributed by atoms with Crippen LogP contribution < -0.4 is 65.1 Å². The minimum absolute atomic E-state index is 0.00605. The van der Waals surface area contributed by atoms with Gasteiger partial charge in [-0.1, -0.05) is 32.4 Å². The van der Waals surface area contributed by atoms with Gasteiger partial charge in [0, 0.05) is 43.9 Å². The van der Waals surface area contributed by atoms with Crippen molar-refractivity contribution < 1.29 is 97.1 Å². The standard InChI is InChI=1S/C50H74N14O20S/c1-25(2)40(46(79)59-29(9-7-16-56-50(54)83)42(75)57-27-13-11-26(12-14-27)22-84-24-65)63-35(66)10-4-3-5-17-64-36(67)21-34(47(64)80)85-23-33(48(81)82)62-45(78)32(20-39(72)73)61-44(77)31(19-38(70)71)60-43(76)30(8-6-15-55-49(52)53)58-41(74)28(51)18-37(68)69/h11-14,24-25,28-34,40H,3-10,15-23,51H2,1-2H3,(H,57,75)(H,58,74)(H,59,79)(H,60,76)(H,61,77)(H,62,78)(H,63,66)(H,68,69)(H,70,71)(H,72,73)(H,81,82)(H4,52,53,55)(H3,54,56,83)/t28-,29-,30-,31-,32-,33-,34?,40-/m0/s1. The Kier molecular flexibility index (Phi) is 31.4. The monoisotopic (exact) mass is 1220 g/mol. The number of carbonyl (C=O) groups excluding carboxylic acids is 11. The molecule has 1 heterocycles. The summed E-state index contributed by atoms with van der Waals surface area (Å²) >= 11 is 0.675. The number of carboxylic acids is 4. The molecule has 2 rings (SSSR count). The van der Waals surface area contributed by atoms with Gasteiger partial charge in [-0.15, -0.1) is 11.8 Å². The molecule has 0 spiro atoms. The highest BCUT2D eigenvalue weighted by atomic mass is 32.2. The van der Waals surface area contributed by atoms with Crippen LogP contribution in [0.1, 0.15) is 96.5 Å². The number of nitrogens with one attached hydrogen (secondary N) is 10. The molecule has 1 aliphatic heterocycles. The normalized spacial score (nSPS) is 15.2. The highest BCUT2D eigenvalue weighted by Crippen LogP contribution is 2.26. The minimum Gasteiger partial charge on any atom is -0.481 e. The van der Waals surface area contributed by atoms with Gasteiger partial charge in [0.15, 0.2) is 5.96 Å². The highest BCUT2D eigenvalue weighted by molar-refractivity contribution is 8.00. The zero-order valence-corrected chi connectivity index (χ0v) is 47.3. The van der Waals surface area contributed by atoms with Crippen molar-refractivity contribution in [2.24, 2.45) is 23.1 Å². The van der Waals surface area contributed by atoms with E-state index in [0.717, 1.165) is 4.90 Å². The van der Waals surface area contributed by atoms with E-state index in [-0.39, 0.29) is 77.6 Å². The Morgan fingerprint density at radius 1 is 0.671 bits per heavy atom. The van der Waals surface area contributed by atoms with Crippen LogP contribution in [0, 0.1) is 11.3 Å². The third kappa shape index (κ3) is 27.7. The Bertz CT molecular complexity index is 2590. The molecular weight excluding hydrogens is 1150 g/mol. The number of imide groups is 1. The summed E-state index contributed by atoms with van der Waals surface area (Å²) in [7, 11) is 0. The summed E-state index contributed by atoms with van der Waals surface area (Å²) in [5.74, 6) is -16.3. The molecule has 0 bridgehead atoms. The van der Waals surface area contributed by atoms with Gasteiger partial charge in [0.05, 0.1) is 30.6 Å². The molecule has 0 radical (unpaired) electrons. The molecule has 1 unspecified atom stereocenters. The van der Waals surface area contributed by atoms with Crippen molar-refractivity contribution in [1.29, 1.82) is 5.41 Å². The summed E-state index contributed by atoms with van der Waals surface area (Å²) in [6.07, 6.45) is -2.86. The summed E-state index contributed by atoms with van der Waals surface area (Å²) in [5, 5.41) is 65.5. The number of likely N-dealkylation sites (tertiary alicyclic amines) is 1. The molecule has 20 N–H and O–H groups in total. The predicted molar refractivity (Wildman–Crippen MR) is 297 cm³/mol. The van der Waals surface area contributed by atoms with Gasteiger partial charge < -0.3 is 90.2 Å². The fourth-order valence-corrected chi connectivity index (χ4v) is 9.13. The molecule has 8 atom stereocenters. The van der Waals surface area contributed by atoms with Crippen molar-refractivity contribution >= 4 is 113 Å². The second-order valence-electron chi connectivity index (χ2n) is 19.6. The van der Waals surface area contributed by atoms with Gasteiger partial charge >= 0.3 is 29.9 Å². The van der Waals surface area contributed by atoms with E-state index in [1.807, 2.05) is 5.32 Å². The van der Waals surface area contributed by atoms with Crippen molar-refractivity contribution in [2.75, 3.05) is 30.7 Å². The van der Waals surface area contributed by atoms with Crippen molar-refractivity contribution in [3.8, 4) is 0 Å². The Hall–Kier alpha value is -9.15. The zero-order chi connectivity index (χ0) is 63.9. The van der Waals surface area contributed by atoms with Crippen LogP contribution in [0.5, 0.6) is 0 Å². The quantitative estimate of drug-likeness (QED) is 0.00972. The summed E-state index contributed by atoms with van der Waals surface area (Å²) < 4.78 is 4.73. The second-order valence-corrected chi connectivity index (χ2v) is 20.8. The smallest absolute Gasteiger partial charge is 0.327 e. The number of rotatable bonds is 41. The van der Waals surface area contributed by atoms with Gasteiger partial charge in [-0.2, -0.15) is 0 Å². The van der Waals surface area contributed by atoms with Crippen LogP contribution in [0.25, 0.3) is 0 Å². The van der Waals surface area contributed by atoms with Crippen molar-refractivity contribution in [1.82, 2.24) is 47.4 Å². The molecular formula is C50H74N14O20S. The maximum atomic E-state index is 13.6. The number of primary amides is 1. The number of nitrogens with two attached hydrogens (primary N) is 3. The summed E-state index contributed by atoms with van der Waals surface area (Å²) in [6, 6.07) is -5.94. The molecule has 0 aliphatic carbocycles. The van der Waals surface area contributed by atoms with Crippen molar-refractivity contribution in [3.05, 3.63) is 29.8 Å². The minimum atomic E-state index is -2.11. The maximum absolute atomic E-state index is 13.6. The van der Waals surface area contributed by atoms with E-state index in [0.29, 0.717) is 35.9 Å². The molecule has 85 heavy (non-hydrogen) atoms. The van der Waals surface area contributed by atoms with E-state index in [4.69, 9.17) is 32.5 Å². The van der Waals surface area contributed by atoms with E-state index in [1.165, 1.54) is 0 Å². The van der Waals surface area contributed by atoms with Gasteiger partial charge in [-0.3, -0.25) is 72.6 Å². The lowest BCUT2D eigenvalue weighted by molar-refractivity contribution is -0.144. The first-order valence-electron chi connectivity index (χ1n) is 26.5. The number of amides is 11. The van der Waals surface area contributed by atoms with Crippen LogP contribution >= 0.6 is 11.8 Å². The number of urea groups is 1. The van der Waals surface area contributed by atoms with E-state index in [1.54, 1.807) is 38.1 Å². The molecule has 11 amide bonds. The van der Waals surface area contributed by atoms with Crippen molar-refractivity contribution in [3.63, 3.8) is 0 Å². The van der Waals surface area contributed by atoms with Crippen LogP contribution in [0.4, 0.5) is 10.5 Å². The molecule has 1 aliphatic rings. The number of guanidine groups is 1. The molecule has 0 aromatic heterocycles. The number of benzene rings is 1. The van der Waals surface area contributed by atoms with E-state index in [2.05, 4.69) is 42.5 Å². The number of anilines is 1. The fourth-order valence-electron chi connectivity index (χ4n) is 7.95. The lowest BCUT2D eigenvalue weighted by Crippen LogP contribution is -2.59. The lowest BCUT2D eigenvalue weighted by atomic mass is 10.0. The Morgan fingerprint density at radius 2 is 1.19 bits per heavy atom. The predicted octanol–water partition coefficient (Wildman–Crippen LogP) is -4.17. The molecule has 1 aromatic carbocycles. The number of thioether (sulfide) groups is 1. The van der Waals surface area contributed by atoms with Gasteiger partial charge in [0.25, 0.3) is 6.47 Å². The average molecular weight is 1220 g/mol. The topological polar surface area (TPSA) is 560 Å². The number of carbonyl (C=O) groups is 15. The Balaban J connectivity index is 2.04. The first kappa shape index (κ1) is 72.0. The van der Waals surface area contributed by atoms with Gasteiger partial charge in [0.1, 0.15) is 42.9 Å². The molecule has 1 aromatic rings. The SMILES string of the molecule is CC(C)[C@H](NC(=O)CCCCCN1C(=O)CC(SC[C@H](NC(=O)[C@H](CC(=O)O)NC(=O)[C@H](CC(=O)O)NC(=O)[C@H](CCCNC(=N)N)NC(=O)[C@@H](N)CC(=O)O)C(=O)O)C1=O)C(=O)N[C@@H](CCCNC(N)=O)C(=O)Nc1ccc(COC=O)cc1. The summed E-state index contributed by atoms with van der Waals surface area (Å²) in [4.78, 5) is 189. The summed E-state index contributed by atoms with van der Waals surface area (Å²) in [5.41, 5.74) is 17.0. The number of hydrogen-bond donors (Lipinski definition) is 17. The average Bonchev–Trinajstić information content (AvgIpc) is 3.29. The number of ether oxygens (including phenoxy) is 1. The summed E-state index contributed by atoms with van der Waals surface area (Å²) in [6.45, 7) is 3.65. The molecule has 1 fully saturated rings. The number of aliphatic carboxylic acids is 4. The van der Waals surface area contributed by atoms with Crippen LogP contribution in [-0.2, 0) is 78.5 Å².